The summed E-state index contributed by atoms with van der Waals surface area (Å²) in [6.45, 7) is 0.0599. The van der Waals surface area contributed by atoms with Crippen LogP contribution in [0.25, 0.3) is 0 Å². The molecule has 1 aliphatic heterocycles. The molecule has 0 aromatic heterocycles. The van der Waals surface area contributed by atoms with Crippen LogP contribution >= 0.6 is 11.6 Å². The Bertz CT molecular complexity index is 840. The third-order valence-corrected chi connectivity index (χ3v) is 4.13. The monoisotopic (exact) mass is 368 g/mol. The summed E-state index contributed by atoms with van der Waals surface area (Å²) in [7, 11) is 0. The summed E-state index contributed by atoms with van der Waals surface area (Å²) < 4.78 is 39.6. The summed E-state index contributed by atoms with van der Waals surface area (Å²) in [6, 6.07) is 6.48. The Labute approximate surface area is 146 Å². The van der Waals surface area contributed by atoms with E-state index in [0.717, 1.165) is 18.2 Å². The molecular formula is C17H12ClF3N2O2. The lowest BCUT2D eigenvalue weighted by Crippen LogP contribution is -2.28. The van der Waals surface area contributed by atoms with Crippen LogP contribution in [0.2, 0.25) is 5.02 Å². The van der Waals surface area contributed by atoms with Crippen molar-refractivity contribution in [3.05, 3.63) is 58.9 Å². The SMILES string of the molecule is O=C(Nc1cc(F)cc(F)c1)C1CC(=O)N(c2ccc(F)c(Cl)c2)C1. The molecule has 0 aliphatic carbocycles. The van der Waals surface area contributed by atoms with Crippen molar-refractivity contribution in [3.8, 4) is 0 Å². The topological polar surface area (TPSA) is 49.4 Å². The predicted molar refractivity (Wildman–Crippen MR) is 86.9 cm³/mol. The number of hydrogen-bond donors (Lipinski definition) is 1. The van der Waals surface area contributed by atoms with Gasteiger partial charge >= 0.3 is 0 Å². The summed E-state index contributed by atoms with van der Waals surface area (Å²) in [5.41, 5.74) is 0.349. The number of carbonyl (C=O) groups is 2. The van der Waals surface area contributed by atoms with E-state index in [4.69, 9.17) is 11.6 Å². The highest BCUT2D eigenvalue weighted by Crippen LogP contribution is 2.29. The minimum Gasteiger partial charge on any atom is -0.326 e. The molecule has 1 heterocycles. The van der Waals surface area contributed by atoms with Gasteiger partial charge < -0.3 is 10.2 Å². The minimum absolute atomic E-state index is 0.0294. The Hall–Kier alpha value is -2.54. The van der Waals surface area contributed by atoms with Crippen LogP contribution in [0.15, 0.2) is 36.4 Å². The van der Waals surface area contributed by atoms with E-state index in [1.165, 1.54) is 17.0 Å². The van der Waals surface area contributed by atoms with Gasteiger partial charge in [0, 0.05) is 30.4 Å². The van der Waals surface area contributed by atoms with E-state index < -0.39 is 29.3 Å². The summed E-state index contributed by atoms with van der Waals surface area (Å²) in [5.74, 6) is -3.81. The maximum absolute atomic E-state index is 13.2. The summed E-state index contributed by atoms with van der Waals surface area (Å²) >= 11 is 5.71. The lowest BCUT2D eigenvalue weighted by molar-refractivity contribution is -0.122. The second-order valence-corrected chi connectivity index (χ2v) is 6.06. The fourth-order valence-corrected chi connectivity index (χ4v) is 2.83. The summed E-state index contributed by atoms with van der Waals surface area (Å²) in [4.78, 5) is 25.7. The molecule has 25 heavy (non-hydrogen) atoms. The van der Waals surface area contributed by atoms with Crippen LogP contribution in [0, 0.1) is 23.4 Å². The molecule has 2 aromatic carbocycles. The first-order valence-electron chi connectivity index (χ1n) is 7.36. The molecule has 0 bridgehead atoms. The zero-order valence-corrected chi connectivity index (χ0v) is 13.5. The molecule has 4 nitrogen and oxygen atoms in total. The summed E-state index contributed by atoms with van der Waals surface area (Å²) in [5, 5.41) is 2.26. The average molecular weight is 369 g/mol. The largest absolute Gasteiger partial charge is 0.326 e. The molecule has 130 valence electrons. The van der Waals surface area contributed by atoms with Crippen LogP contribution < -0.4 is 10.2 Å². The minimum atomic E-state index is -0.819. The Balaban J connectivity index is 1.73. The van der Waals surface area contributed by atoms with Crippen LogP contribution in [0.3, 0.4) is 0 Å². The van der Waals surface area contributed by atoms with Gasteiger partial charge in [-0.2, -0.15) is 0 Å². The van der Waals surface area contributed by atoms with Crippen LogP contribution in [-0.2, 0) is 9.59 Å². The van der Waals surface area contributed by atoms with Crippen LogP contribution in [0.4, 0.5) is 24.5 Å². The Morgan fingerprint density at radius 3 is 2.44 bits per heavy atom. The quantitative estimate of drug-likeness (QED) is 0.897. The van der Waals surface area contributed by atoms with Gasteiger partial charge in [-0.1, -0.05) is 11.6 Å². The maximum atomic E-state index is 13.2. The second kappa shape index (κ2) is 6.76. The molecule has 0 spiro atoms. The average Bonchev–Trinajstić information content (AvgIpc) is 2.91. The fraction of sp³-hybridized carbons (Fsp3) is 0.176. The zero-order valence-electron chi connectivity index (χ0n) is 12.7. The first-order valence-corrected chi connectivity index (χ1v) is 7.73. The van der Waals surface area contributed by atoms with Gasteiger partial charge in [-0.05, 0) is 30.3 Å². The standard InChI is InChI=1S/C17H12ClF3N2O2/c18-14-7-13(1-2-15(14)21)23-8-9(3-16(23)24)17(25)22-12-5-10(19)4-11(20)6-12/h1-2,4-7,9H,3,8H2,(H,22,25). The number of halogens is 4. The van der Waals surface area contributed by atoms with E-state index in [-0.39, 0.29) is 29.6 Å². The molecule has 1 aliphatic rings. The maximum Gasteiger partial charge on any atom is 0.229 e. The molecule has 3 rings (SSSR count). The number of nitrogens with one attached hydrogen (secondary N) is 1. The molecule has 2 amide bonds. The molecule has 1 fully saturated rings. The van der Waals surface area contributed by atoms with Gasteiger partial charge in [0.05, 0.1) is 10.9 Å². The van der Waals surface area contributed by atoms with Gasteiger partial charge in [-0.3, -0.25) is 9.59 Å². The number of hydrogen-bond acceptors (Lipinski definition) is 2. The van der Waals surface area contributed by atoms with Gasteiger partial charge in [-0.15, -0.1) is 0 Å². The van der Waals surface area contributed by atoms with E-state index in [2.05, 4.69) is 5.32 Å². The number of benzene rings is 2. The van der Waals surface area contributed by atoms with Crippen LogP contribution in [-0.4, -0.2) is 18.4 Å². The highest BCUT2D eigenvalue weighted by atomic mass is 35.5. The highest BCUT2D eigenvalue weighted by molar-refractivity contribution is 6.31. The Morgan fingerprint density at radius 1 is 1.12 bits per heavy atom. The van der Waals surface area contributed by atoms with Crippen molar-refractivity contribution in [2.24, 2.45) is 5.92 Å². The first kappa shape index (κ1) is 17.3. The Morgan fingerprint density at radius 2 is 1.80 bits per heavy atom. The van der Waals surface area contributed by atoms with Gasteiger partial charge in [0.25, 0.3) is 0 Å². The van der Waals surface area contributed by atoms with Crippen LogP contribution in [0.1, 0.15) is 6.42 Å². The second-order valence-electron chi connectivity index (χ2n) is 5.65. The number of nitrogens with zero attached hydrogens (tertiary/aromatic N) is 1. The molecule has 1 saturated heterocycles. The molecule has 0 saturated carbocycles. The normalized spacial score (nSPS) is 17.0. The molecule has 1 unspecified atom stereocenters. The number of rotatable bonds is 3. The van der Waals surface area contributed by atoms with E-state index >= 15 is 0 Å². The van der Waals surface area contributed by atoms with E-state index in [1.54, 1.807) is 0 Å². The first-order chi connectivity index (χ1) is 11.8. The third-order valence-electron chi connectivity index (χ3n) is 3.84. The van der Waals surface area contributed by atoms with Gasteiger partial charge in [0.1, 0.15) is 17.5 Å². The number of amides is 2. The Kier molecular flexibility index (Phi) is 4.67. The van der Waals surface area contributed by atoms with E-state index in [1.807, 2.05) is 0 Å². The molecule has 8 heteroatoms. The molecule has 0 radical (unpaired) electrons. The lowest BCUT2D eigenvalue weighted by Gasteiger charge is -2.17. The fourth-order valence-electron chi connectivity index (χ4n) is 2.66. The van der Waals surface area contributed by atoms with Crippen molar-refractivity contribution < 1.29 is 22.8 Å². The third kappa shape index (κ3) is 3.76. The molecule has 1 atom stereocenters. The highest BCUT2D eigenvalue weighted by Gasteiger charge is 2.35. The van der Waals surface area contributed by atoms with Gasteiger partial charge in [0.2, 0.25) is 11.8 Å². The number of anilines is 2. The van der Waals surface area contributed by atoms with Crippen molar-refractivity contribution in [1.29, 1.82) is 0 Å². The smallest absolute Gasteiger partial charge is 0.229 e. The van der Waals surface area contributed by atoms with Gasteiger partial charge in [-0.25, -0.2) is 13.2 Å². The predicted octanol–water partition coefficient (Wildman–Crippen LogP) is 3.75. The van der Waals surface area contributed by atoms with Crippen molar-refractivity contribution in [2.45, 2.75) is 6.42 Å². The molecular weight excluding hydrogens is 357 g/mol. The summed E-state index contributed by atoms with van der Waals surface area (Å²) in [6.07, 6.45) is -0.0708. The van der Waals surface area contributed by atoms with Crippen molar-refractivity contribution >= 4 is 34.8 Å². The number of carbonyl (C=O) groups excluding carboxylic acids is 2. The zero-order chi connectivity index (χ0) is 18.1. The van der Waals surface area contributed by atoms with Crippen molar-refractivity contribution in [3.63, 3.8) is 0 Å². The van der Waals surface area contributed by atoms with Crippen LogP contribution in [0.5, 0.6) is 0 Å². The molecule has 1 N–H and O–H groups in total. The molecule has 2 aromatic rings. The van der Waals surface area contributed by atoms with Crippen molar-refractivity contribution in [2.75, 3.05) is 16.8 Å². The van der Waals surface area contributed by atoms with Gasteiger partial charge in [0.15, 0.2) is 0 Å². The van der Waals surface area contributed by atoms with E-state index in [9.17, 15) is 22.8 Å². The lowest BCUT2D eigenvalue weighted by atomic mass is 10.1. The van der Waals surface area contributed by atoms with Crippen molar-refractivity contribution in [1.82, 2.24) is 0 Å². The van der Waals surface area contributed by atoms with E-state index in [0.29, 0.717) is 11.8 Å².